The number of rotatable bonds is 3. The van der Waals surface area contributed by atoms with Gasteiger partial charge >= 0.3 is 0 Å². The summed E-state index contributed by atoms with van der Waals surface area (Å²) in [5.41, 5.74) is 1.12. The minimum atomic E-state index is -1.04. The molecule has 1 saturated carbocycles. The quantitative estimate of drug-likeness (QED) is 0.657. The molecule has 0 amide bonds. The molecule has 0 spiro atoms. The van der Waals surface area contributed by atoms with Gasteiger partial charge < -0.3 is 10.2 Å². The summed E-state index contributed by atoms with van der Waals surface area (Å²) in [5, 5.41) is 25.8. The smallest absolute Gasteiger partial charge is 0.127 e. The van der Waals surface area contributed by atoms with Crippen LogP contribution in [0.5, 0.6) is 5.75 Å². The standard InChI is InChI=1S/C18H20ClNO3/c19-9-7-17(22)5-6-18(8-10-20-23)14(12-17)2-1-13-11-15(21)3-4-16(13)18/h3-4,11,14,21-22H,1-2,5-6,8,10,12H2/t14-,17+,18+/m1/s1. The lowest BCUT2D eigenvalue weighted by atomic mass is 9.53. The highest BCUT2D eigenvalue weighted by molar-refractivity contribution is 6.30. The van der Waals surface area contributed by atoms with Crippen molar-refractivity contribution in [1.82, 2.24) is 0 Å². The molecule has 23 heavy (non-hydrogen) atoms. The fourth-order valence-corrected chi connectivity index (χ4v) is 4.76. The number of phenols is 1. The number of nitrogens with zero attached hydrogens (tertiary/aromatic N) is 1. The van der Waals surface area contributed by atoms with Crippen molar-refractivity contribution in [1.29, 1.82) is 0 Å². The van der Waals surface area contributed by atoms with Gasteiger partial charge in [0, 0.05) is 10.8 Å². The fraction of sp³-hybridized carbons (Fsp3) is 0.556. The number of aromatic hydroxyl groups is 1. The van der Waals surface area contributed by atoms with Gasteiger partial charge in [-0.15, -0.1) is 0 Å². The van der Waals surface area contributed by atoms with E-state index in [0.29, 0.717) is 19.3 Å². The van der Waals surface area contributed by atoms with Crippen molar-refractivity contribution in [3.63, 3.8) is 0 Å². The second-order valence-corrected chi connectivity index (χ2v) is 6.98. The number of benzene rings is 1. The summed E-state index contributed by atoms with van der Waals surface area (Å²) in [6, 6.07) is 5.50. The van der Waals surface area contributed by atoms with E-state index in [1.165, 1.54) is 5.56 Å². The molecule has 5 heteroatoms. The van der Waals surface area contributed by atoms with Crippen LogP contribution in [0.2, 0.25) is 0 Å². The number of nitroso groups, excluding NO2 is 1. The molecule has 2 aliphatic rings. The third-order valence-electron chi connectivity index (χ3n) is 5.67. The molecule has 3 rings (SSSR count). The monoisotopic (exact) mass is 333 g/mol. The number of aliphatic hydroxyl groups is 1. The van der Waals surface area contributed by atoms with Gasteiger partial charge in [-0.2, -0.15) is 4.91 Å². The predicted octanol–water partition coefficient (Wildman–Crippen LogP) is 3.46. The first-order valence-electron chi connectivity index (χ1n) is 8.00. The molecule has 0 aromatic heterocycles. The Morgan fingerprint density at radius 2 is 2.22 bits per heavy atom. The second kappa shape index (κ2) is 6.14. The van der Waals surface area contributed by atoms with Crippen LogP contribution in [0.15, 0.2) is 23.4 Å². The van der Waals surface area contributed by atoms with E-state index in [4.69, 9.17) is 11.6 Å². The second-order valence-electron chi connectivity index (χ2n) is 6.79. The zero-order chi connectivity index (χ0) is 16.5. The van der Waals surface area contributed by atoms with E-state index >= 15 is 0 Å². The molecular weight excluding hydrogens is 314 g/mol. The largest absolute Gasteiger partial charge is 0.508 e. The van der Waals surface area contributed by atoms with Crippen molar-refractivity contribution in [2.75, 3.05) is 6.54 Å². The lowest BCUT2D eigenvalue weighted by Crippen LogP contribution is -2.50. The number of phenolic OH excluding ortho intramolecular Hbond substituents is 1. The normalized spacial score (nSPS) is 32.2. The van der Waals surface area contributed by atoms with Gasteiger partial charge in [0.15, 0.2) is 0 Å². The first-order chi connectivity index (χ1) is 11.0. The molecule has 0 unspecified atom stereocenters. The minimum Gasteiger partial charge on any atom is -0.508 e. The van der Waals surface area contributed by atoms with Gasteiger partial charge in [-0.1, -0.05) is 17.2 Å². The Bertz CT molecular complexity index is 681. The molecule has 122 valence electrons. The summed E-state index contributed by atoms with van der Waals surface area (Å²) in [4.78, 5) is 10.7. The van der Waals surface area contributed by atoms with Crippen LogP contribution in [0.4, 0.5) is 0 Å². The molecule has 2 N–H and O–H groups in total. The van der Waals surface area contributed by atoms with Gasteiger partial charge in [0.2, 0.25) is 0 Å². The maximum Gasteiger partial charge on any atom is 0.127 e. The van der Waals surface area contributed by atoms with E-state index in [1.807, 2.05) is 12.1 Å². The number of hydrogen-bond acceptors (Lipinski definition) is 4. The Morgan fingerprint density at radius 3 is 2.96 bits per heavy atom. The van der Waals surface area contributed by atoms with Gasteiger partial charge in [0.05, 0.1) is 6.54 Å². The average molecular weight is 334 g/mol. The maximum atomic E-state index is 10.7. The summed E-state index contributed by atoms with van der Waals surface area (Å²) in [7, 11) is 0. The van der Waals surface area contributed by atoms with Gasteiger partial charge in [-0.05, 0) is 79.3 Å². The topological polar surface area (TPSA) is 69.9 Å². The first-order valence-corrected chi connectivity index (χ1v) is 8.37. The Morgan fingerprint density at radius 1 is 1.39 bits per heavy atom. The molecule has 4 nitrogen and oxygen atoms in total. The van der Waals surface area contributed by atoms with Gasteiger partial charge in [-0.25, -0.2) is 0 Å². The molecule has 1 aromatic carbocycles. The molecule has 0 heterocycles. The first kappa shape index (κ1) is 16.3. The highest BCUT2D eigenvalue weighted by Crippen LogP contribution is 2.54. The van der Waals surface area contributed by atoms with Gasteiger partial charge in [0.25, 0.3) is 0 Å². The summed E-state index contributed by atoms with van der Waals surface area (Å²) in [6.07, 6.45) is 4.27. The van der Waals surface area contributed by atoms with E-state index in [9.17, 15) is 15.1 Å². The Hall–Kier alpha value is -1.57. The third-order valence-corrected chi connectivity index (χ3v) is 5.76. The number of aryl methyl sites for hydroxylation is 1. The van der Waals surface area contributed by atoms with E-state index in [1.54, 1.807) is 6.07 Å². The van der Waals surface area contributed by atoms with E-state index < -0.39 is 5.60 Å². The molecule has 3 atom stereocenters. The molecule has 0 radical (unpaired) electrons. The Kier molecular flexibility index (Phi) is 4.35. The maximum absolute atomic E-state index is 10.7. The summed E-state index contributed by atoms with van der Waals surface area (Å²) in [6.45, 7) is 0.260. The van der Waals surface area contributed by atoms with Crippen LogP contribution in [-0.4, -0.2) is 22.4 Å². The molecule has 0 bridgehead atoms. The minimum absolute atomic E-state index is 0.171. The third kappa shape index (κ3) is 2.84. The Balaban J connectivity index is 2.02. The van der Waals surface area contributed by atoms with Crippen LogP contribution in [-0.2, 0) is 11.8 Å². The Labute approximate surface area is 140 Å². The highest BCUT2D eigenvalue weighted by atomic mass is 35.5. The van der Waals surface area contributed by atoms with Crippen LogP contribution in [0.3, 0.4) is 0 Å². The highest BCUT2D eigenvalue weighted by Gasteiger charge is 2.51. The molecule has 1 aromatic rings. The molecule has 1 fully saturated rings. The van der Waals surface area contributed by atoms with Crippen molar-refractivity contribution >= 4 is 11.6 Å². The van der Waals surface area contributed by atoms with Crippen molar-refractivity contribution in [2.45, 2.75) is 49.5 Å². The predicted molar refractivity (Wildman–Crippen MR) is 89.3 cm³/mol. The number of fused-ring (bicyclic) bond motifs is 3. The lowest BCUT2D eigenvalue weighted by Gasteiger charge is -2.52. The zero-order valence-electron chi connectivity index (χ0n) is 12.9. The SMILES string of the molecule is O=NCC[C@@]12CC[C@](O)(C#CCl)C[C@H]1CCc1cc(O)ccc12. The van der Waals surface area contributed by atoms with Crippen LogP contribution in [0.25, 0.3) is 0 Å². The van der Waals surface area contributed by atoms with Crippen molar-refractivity contribution < 1.29 is 10.2 Å². The van der Waals surface area contributed by atoms with Crippen molar-refractivity contribution in [3.8, 4) is 17.0 Å². The molecular formula is C18H20ClNO3. The molecule has 2 aliphatic carbocycles. The van der Waals surface area contributed by atoms with Crippen LogP contribution < -0.4 is 0 Å². The van der Waals surface area contributed by atoms with Crippen LogP contribution >= 0.6 is 11.6 Å². The summed E-state index contributed by atoms with van der Waals surface area (Å²) in [5.74, 6) is 3.25. The van der Waals surface area contributed by atoms with Crippen molar-refractivity contribution in [2.24, 2.45) is 11.1 Å². The molecule has 0 saturated heterocycles. The van der Waals surface area contributed by atoms with Crippen LogP contribution in [0, 0.1) is 22.1 Å². The van der Waals surface area contributed by atoms with E-state index in [2.05, 4.69) is 16.5 Å². The number of hydrogen-bond donors (Lipinski definition) is 2. The van der Waals surface area contributed by atoms with Crippen LogP contribution in [0.1, 0.15) is 43.2 Å². The fourth-order valence-electron chi connectivity index (χ4n) is 4.58. The van der Waals surface area contributed by atoms with Crippen molar-refractivity contribution in [3.05, 3.63) is 34.2 Å². The summed E-state index contributed by atoms with van der Waals surface area (Å²) >= 11 is 5.51. The van der Waals surface area contributed by atoms with E-state index in [0.717, 1.165) is 24.8 Å². The molecule has 0 aliphatic heterocycles. The van der Waals surface area contributed by atoms with Gasteiger partial charge in [-0.3, -0.25) is 0 Å². The van der Waals surface area contributed by atoms with Gasteiger partial charge in [0.1, 0.15) is 11.4 Å². The average Bonchev–Trinajstić information content (AvgIpc) is 2.53. The van der Waals surface area contributed by atoms with E-state index in [-0.39, 0.29) is 23.6 Å². The summed E-state index contributed by atoms with van der Waals surface area (Å²) < 4.78 is 0. The zero-order valence-corrected chi connectivity index (χ0v) is 13.6. The number of halogens is 1. The lowest BCUT2D eigenvalue weighted by molar-refractivity contribution is -0.00988.